The van der Waals surface area contributed by atoms with Crippen LogP contribution in [0.1, 0.15) is 6.92 Å². The van der Waals surface area contributed by atoms with E-state index in [4.69, 9.17) is 10.2 Å². The van der Waals surface area contributed by atoms with Crippen molar-refractivity contribution in [2.45, 2.75) is 6.92 Å². The van der Waals surface area contributed by atoms with Crippen molar-refractivity contribution in [1.82, 2.24) is 5.32 Å². The summed E-state index contributed by atoms with van der Waals surface area (Å²) in [5.41, 5.74) is 0. The normalized spacial score (nSPS) is 9.50. The summed E-state index contributed by atoms with van der Waals surface area (Å²) in [5.74, 6) is -4.54. The third kappa shape index (κ3) is 2.83. The lowest BCUT2D eigenvalue weighted by Gasteiger charge is -2.09. The van der Waals surface area contributed by atoms with Gasteiger partial charge in [0.25, 0.3) is 0 Å². The Morgan fingerprint density at radius 2 is 1.83 bits per heavy atom. The van der Waals surface area contributed by atoms with Gasteiger partial charge < -0.3 is 15.5 Å². The smallest absolute Gasteiger partial charge is 0.324 e. The molecule has 0 saturated heterocycles. The molecule has 68 valence electrons. The second kappa shape index (κ2) is 4.66. The van der Waals surface area contributed by atoms with E-state index in [1.165, 1.54) is 0 Å². The summed E-state index contributed by atoms with van der Waals surface area (Å²) in [4.78, 5) is 20.5. The maximum Gasteiger partial charge on any atom is 0.324 e. The predicted octanol–water partition coefficient (Wildman–Crippen LogP) is -0.291. The standard InChI is InChI=1S/C6H9NO4S/c1-2-7-4(12)3(5(8)9)6(10)11/h3H,2H2,1H3,(H,7,12)(H,8,9)(H,10,11). The fraction of sp³-hybridized carbons (Fsp3) is 0.500. The van der Waals surface area contributed by atoms with Gasteiger partial charge in [0.05, 0.1) is 0 Å². The van der Waals surface area contributed by atoms with Gasteiger partial charge in [-0.15, -0.1) is 0 Å². The van der Waals surface area contributed by atoms with Gasteiger partial charge in [0, 0.05) is 6.54 Å². The third-order valence-electron chi connectivity index (χ3n) is 1.11. The molecule has 0 amide bonds. The van der Waals surface area contributed by atoms with Crippen LogP contribution in [-0.2, 0) is 9.59 Å². The molecule has 0 aromatic carbocycles. The van der Waals surface area contributed by atoms with E-state index in [1.807, 2.05) is 0 Å². The molecule has 0 heterocycles. The van der Waals surface area contributed by atoms with E-state index in [2.05, 4.69) is 17.5 Å². The van der Waals surface area contributed by atoms with E-state index in [9.17, 15) is 9.59 Å². The number of aliphatic carboxylic acids is 2. The summed E-state index contributed by atoms with van der Waals surface area (Å²) in [6, 6.07) is 0. The van der Waals surface area contributed by atoms with Crippen molar-refractivity contribution >= 4 is 29.1 Å². The first-order chi connectivity index (χ1) is 5.50. The second-order valence-electron chi connectivity index (χ2n) is 2.00. The summed E-state index contributed by atoms with van der Waals surface area (Å²) in [6.45, 7) is 2.11. The van der Waals surface area contributed by atoms with Gasteiger partial charge in [0.2, 0.25) is 5.92 Å². The Kier molecular flexibility index (Phi) is 4.20. The Bertz CT molecular complexity index is 202. The molecule has 0 aliphatic heterocycles. The number of hydrogen-bond acceptors (Lipinski definition) is 3. The molecule has 6 heteroatoms. The lowest BCUT2D eigenvalue weighted by atomic mass is 10.1. The fourth-order valence-electron chi connectivity index (χ4n) is 0.606. The van der Waals surface area contributed by atoms with Crippen LogP contribution >= 0.6 is 12.2 Å². The van der Waals surface area contributed by atoms with Crippen LogP contribution in [-0.4, -0.2) is 33.7 Å². The van der Waals surface area contributed by atoms with Gasteiger partial charge in [-0.05, 0) is 6.92 Å². The Labute approximate surface area is 74.4 Å². The molecule has 0 radical (unpaired) electrons. The van der Waals surface area contributed by atoms with Gasteiger partial charge in [0.15, 0.2) is 0 Å². The quantitative estimate of drug-likeness (QED) is 0.418. The average molecular weight is 191 g/mol. The van der Waals surface area contributed by atoms with Crippen molar-refractivity contribution in [3.8, 4) is 0 Å². The molecule has 0 fully saturated rings. The summed E-state index contributed by atoms with van der Waals surface area (Å²) in [5, 5.41) is 19.3. The van der Waals surface area contributed by atoms with Crippen LogP contribution in [0.25, 0.3) is 0 Å². The van der Waals surface area contributed by atoms with Crippen LogP contribution in [0.15, 0.2) is 0 Å². The van der Waals surface area contributed by atoms with E-state index < -0.39 is 17.9 Å². The predicted molar refractivity (Wildman–Crippen MR) is 45.0 cm³/mol. The zero-order valence-electron chi connectivity index (χ0n) is 6.40. The molecule has 0 aliphatic carbocycles. The summed E-state index contributed by atoms with van der Waals surface area (Å²) < 4.78 is 0. The monoisotopic (exact) mass is 191 g/mol. The molecule has 0 saturated carbocycles. The largest absolute Gasteiger partial charge is 0.480 e. The Morgan fingerprint density at radius 1 is 1.42 bits per heavy atom. The Morgan fingerprint density at radius 3 is 2.08 bits per heavy atom. The van der Waals surface area contributed by atoms with Crippen molar-refractivity contribution in [2.24, 2.45) is 5.92 Å². The first-order valence-corrected chi connectivity index (χ1v) is 3.64. The van der Waals surface area contributed by atoms with Gasteiger partial charge in [-0.1, -0.05) is 12.2 Å². The molecule has 5 nitrogen and oxygen atoms in total. The topological polar surface area (TPSA) is 86.6 Å². The number of carboxylic acid groups (broad SMARTS) is 2. The van der Waals surface area contributed by atoms with Crippen LogP contribution < -0.4 is 5.32 Å². The highest BCUT2D eigenvalue weighted by molar-refractivity contribution is 7.80. The molecular formula is C6H9NO4S. The summed E-state index contributed by atoms with van der Waals surface area (Å²) >= 11 is 4.55. The van der Waals surface area contributed by atoms with Crippen molar-refractivity contribution in [3.63, 3.8) is 0 Å². The molecule has 0 bridgehead atoms. The molecule has 0 spiro atoms. The van der Waals surface area contributed by atoms with E-state index in [0.29, 0.717) is 6.54 Å². The highest BCUT2D eigenvalue weighted by atomic mass is 32.1. The van der Waals surface area contributed by atoms with Crippen molar-refractivity contribution < 1.29 is 19.8 Å². The highest BCUT2D eigenvalue weighted by Gasteiger charge is 2.29. The zero-order valence-corrected chi connectivity index (χ0v) is 7.22. The fourth-order valence-corrected chi connectivity index (χ4v) is 0.952. The molecule has 0 unspecified atom stereocenters. The summed E-state index contributed by atoms with van der Waals surface area (Å²) in [6.07, 6.45) is 0. The van der Waals surface area contributed by atoms with Crippen molar-refractivity contribution in [1.29, 1.82) is 0 Å². The van der Waals surface area contributed by atoms with Crippen LogP contribution in [0.3, 0.4) is 0 Å². The SMILES string of the molecule is CCNC(=S)C(C(=O)O)C(=O)O. The minimum absolute atomic E-state index is 0.169. The molecule has 0 aliphatic rings. The highest BCUT2D eigenvalue weighted by Crippen LogP contribution is 1.98. The lowest BCUT2D eigenvalue weighted by molar-refractivity contribution is -0.150. The number of carbonyl (C=O) groups is 2. The molecular weight excluding hydrogens is 182 g/mol. The Hall–Kier alpha value is -1.17. The number of carboxylic acids is 2. The Balaban J connectivity index is 4.41. The lowest BCUT2D eigenvalue weighted by Crippen LogP contribution is -2.38. The van der Waals surface area contributed by atoms with Crippen LogP contribution in [0.2, 0.25) is 0 Å². The molecule has 12 heavy (non-hydrogen) atoms. The second-order valence-corrected chi connectivity index (χ2v) is 2.44. The number of hydrogen-bond donors (Lipinski definition) is 3. The van der Waals surface area contributed by atoms with E-state index >= 15 is 0 Å². The van der Waals surface area contributed by atoms with Crippen molar-refractivity contribution in [2.75, 3.05) is 6.54 Å². The zero-order chi connectivity index (χ0) is 9.72. The first-order valence-electron chi connectivity index (χ1n) is 3.24. The molecule has 0 rings (SSSR count). The molecule has 0 aromatic rings. The van der Waals surface area contributed by atoms with Crippen LogP contribution in [0.5, 0.6) is 0 Å². The minimum Gasteiger partial charge on any atom is -0.480 e. The van der Waals surface area contributed by atoms with E-state index in [-0.39, 0.29) is 4.99 Å². The molecule has 0 atom stereocenters. The average Bonchev–Trinajstić information content (AvgIpc) is 1.85. The van der Waals surface area contributed by atoms with E-state index in [1.54, 1.807) is 6.92 Å². The first kappa shape index (κ1) is 10.8. The van der Waals surface area contributed by atoms with Gasteiger partial charge in [0.1, 0.15) is 4.99 Å². The molecule has 3 N–H and O–H groups in total. The minimum atomic E-state index is -1.64. The number of nitrogens with one attached hydrogen (secondary N) is 1. The van der Waals surface area contributed by atoms with Gasteiger partial charge in [-0.3, -0.25) is 9.59 Å². The maximum atomic E-state index is 10.3. The van der Waals surface area contributed by atoms with Crippen molar-refractivity contribution in [3.05, 3.63) is 0 Å². The maximum absolute atomic E-state index is 10.3. The van der Waals surface area contributed by atoms with Crippen LogP contribution in [0.4, 0.5) is 0 Å². The third-order valence-corrected chi connectivity index (χ3v) is 1.49. The summed E-state index contributed by atoms with van der Waals surface area (Å²) in [7, 11) is 0. The van der Waals surface area contributed by atoms with Gasteiger partial charge >= 0.3 is 11.9 Å². The number of rotatable bonds is 4. The molecule has 0 aromatic heterocycles. The van der Waals surface area contributed by atoms with Crippen LogP contribution in [0, 0.1) is 5.92 Å². The number of thiocarbonyl (C=S) groups is 1. The van der Waals surface area contributed by atoms with Gasteiger partial charge in [-0.2, -0.15) is 0 Å². The van der Waals surface area contributed by atoms with E-state index in [0.717, 1.165) is 0 Å². The van der Waals surface area contributed by atoms with Gasteiger partial charge in [-0.25, -0.2) is 0 Å².